The summed E-state index contributed by atoms with van der Waals surface area (Å²) in [5.74, 6) is 0. The van der Waals surface area contributed by atoms with Gasteiger partial charge in [-0.15, -0.1) is 0 Å². The molecule has 0 spiro atoms. The van der Waals surface area contributed by atoms with Gasteiger partial charge in [-0.2, -0.15) is 0 Å². The Kier molecular flexibility index (Phi) is 1.26. The third-order valence-corrected chi connectivity index (χ3v) is 1.89. The molecule has 0 aliphatic carbocycles. The Hall–Kier alpha value is -0.860. The van der Waals surface area contributed by atoms with Crippen LogP contribution in [0.25, 0.3) is 0 Å². The summed E-state index contributed by atoms with van der Waals surface area (Å²) in [5.41, 5.74) is -0.287. The molecule has 1 saturated heterocycles. The molecular weight excluding hydrogens is 160 g/mol. The summed E-state index contributed by atoms with van der Waals surface area (Å²) in [7, 11) is 0. The molecule has 0 amide bonds. The van der Waals surface area contributed by atoms with Gasteiger partial charge in [0.25, 0.3) is 0 Å². The molecule has 0 aromatic heterocycles. The highest BCUT2D eigenvalue weighted by Gasteiger charge is 2.08. The lowest BCUT2D eigenvalue weighted by Gasteiger charge is -2.27. The van der Waals surface area contributed by atoms with Crippen molar-refractivity contribution < 1.29 is 9.60 Å². The summed E-state index contributed by atoms with van der Waals surface area (Å²) in [6, 6.07) is -2.45. The molecule has 2 rings (SSSR count). The Morgan fingerprint density at radius 1 is 1.31 bits per heavy atom. The quantitative estimate of drug-likeness (QED) is 0.738. The Bertz CT molecular complexity index is 497. The van der Waals surface area contributed by atoms with Gasteiger partial charge in [0.2, 0.25) is 0 Å². The number of benzene rings is 1. The van der Waals surface area contributed by atoms with E-state index in [1.54, 1.807) is 0 Å². The summed E-state index contributed by atoms with van der Waals surface area (Å²) in [4.78, 5) is 1.50. The standard InChI is InChI=1S/C11H16N2/c1-2-4-11(5-3-1)10-13-8-6-12-7-9-13/h1-5,12H,6-10H2/i1D,2D,3D,4D,5D,10D2. The van der Waals surface area contributed by atoms with Crippen LogP contribution in [0.3, 0.4) is 0 Å². The van der Waals surface area contributed by atoms with Crippen molar-refractivity contribution in [3.05, 3.63) is 35.8 Å². The topological polar surface area (TPSA) is 15.3 Å². The van der Waals surface area contributed by atoms with Gasteiger partial charge in [0.15, 0.2) is 0 Å². The first-order chi connectivity index (χ1) is 9.28. The number of rotatable bonds is 2. The molecule has 0 saturated carbocycles. The highest BCUT2D eigenvalue weighted by molar-refractivity contribution is 5.14. The van der Waals surface area contributed by atoms with E-state index < -0.39 is 36.7 Å². The number of hydrogen-bond acceptors (Lipinski definition) is 2. The van der Waals surface area contributed by atoms with Crippen molar-refractivity contribution in [3.63, 3.8) is 0 Å². The van der Waals surface area contributed by atoms with Gasteiger partial charge in [-0.05, 0) is 5.56 Å². The maximum absolute atomic E-state index is 8.20. The first kappa shape index (κ1) is 3.71. The van der Waals surface area contributed by atoms with Crippen LogP contribution in [0.4, 0.5) is 0 Å². The summed E-state index contributed by atoms with van der Waals surface area (Å²) >= 11 is 0. The smallest absolute Gasteiger partial charge is 0.0626 e. The highest BCUT2D eigenvalue weighted by atomic mass is 15.2. The van der Waals surface area contributed by atoms with Crippen LogP contribution in [-0.4, -0.2) is 31.1 Å². The minimum Gasteiger partial charge on any atom is -0.314 e. The molecule has 1 aliphatic rings. The largest absolute Gasteiger partial charge is 0.314 e. The van der Waals surface area contributed by atoms with Crippen molar-refractivity contribution in [2.24, 2.45) is 0 Å². The molecule has 1 fully saturated rings. The summed E-state index contributed by atoms with van der Waals surface area (Å²) in [6.45, 7) is -0.0176. The molecule has 0 atom stereocenters. The number of nitrogens with one attached hydrogen (secondary N) is 1. The van der Waals surface area contributed by atoms with E-state index in [2.05, 4.69) is 5.32 Å². The highest BCUT2D eigenvalue weighted by Crippen LogP contribution is 2.04. The van der Waals surface area contributed by atoms with Crippen LogP contribution in [-0.2, 0) is 6.50 Å². The Morgan fingerprint density at radius 3 is 2.69 bits per heavy atom. The second-order valence-electron chi connectivity index (χ2n) is 2.85. The van der Waals surface area contributed by atoms with Crippen molar-refractivity contribution in [1.82, 2.24) is 10.2 Å². The minimum absolute atomic E-state index is 0.287. The van der Waals surface area contributed by atoms with E-state index in [9.17, 15) is 0 Å². The van der Waals surface area contributed by atoms with E-state index >= 15 is 0 Å². The molecule has 1 heterocycles. The Morgan fingerprint density at radius 2 is 2.00 bits per heavy atom. The molecule has 13 heavy (non-hydrogen) atoms. The lowest BCUT2D eigenvalue weighted by atomic mass is 10.2. The molecule has 1 aromatic carbocycles. The van der Waals surface area contributed by atoms with E-state index in [0.29, 0.717) is 26.2 Å². The van der Waals surface area contributed by atoms with E-state index in [4.69, 9.17) is 9.60 Å². The first-order valence-electron chi connectivity index (χ1n) is 7.81. The zero-order chi connectivity index (χ0) is 15.1. The predicted molar refractivity (Wildman–Crippen MR) is 54.6 cm³/mol. The molecule has 2 heteroatoms. The number of nitrogens with zero attached hydrogens (tertiary/aromatic N) is 1. The first-order valence-corrected chi connectivity index (χ1v) is 4.31. The average Bonchev–Trinajstić information content (AvgIpc) is 2.44. The van der Waals surface area contributed by atoms with E-state index in [-0.39, 0.29) is 5.56 Å². The maximum Gasteiger partial charge on any atom is 0.0626 e. The van der Waals surface area contributed by atoms with Crippen LogP contribution in [0.1, 0.15) is 15.2 Å². The normalized spacial score (nSPS) is 27.5. The Labute approximate surface area is 89.4 Å². The number of hydrogen-bond donors (Lipinski definition) is 1. The van der Waals surface area contributed by atoms with Crippen LogP contribution >= 0.6 is 0 Å². The molecule has 1 N–H and O–H groups in total. The zero-order valence-electron chi connectivity index (χ0n) is 14.3. The molecule has 2 nitrogen and oxygen atoms in total. The van der Waals surface area contributed by atoms with Crippen LogP contribution < -0.4 is 5.32 Å². The third kappa shape index (κ3) is 2.54. The lowest BCUT2D eigenvalue weighted by Crippen LogP contribution is -2.42. The number of piperazine rings is 1. The predicted octanol–water partition coefficient (Wildman–Crippen LogP) is 1.09. The van der Waals surface area contributed by atoms with Crippen LogP contribution in [0.15, 0.2) is 30.2 Å². The van der Waals surface area contributed by atoms with Crippen molar-refractivity contribution in [2.45, 2.75) is 6.50 Å². The molecule has 1 aliphatic heterocycles. The van der Waals surface area contributed by atoms with Gasteiger partial charge in [0.05, 0.1) is 6.85 Å². The van der Waals surface area contributed by atoms with Crippen molar-refractivity contribution in [3.8, 4) is 0 Å². The van der Waals surface area contributed by atoms with Gasteiger partial charge in [-0.25, -0.2) is 0 Å². The van der Waals surface area contributed by atoms with Crippen LogP contribution in [0.2, 0.25) is 0 Å². The molecule has 0 bridgehead atoms. The lowest BCUT2D eigenvalue weighted by molar-refractivity contribution is 0.233. The molecule has 70 valence electrons. The van der Waals surface area contributed by atoms with E-state index in [1.807, 2.05) is 0 Å². The summed E-state index contributed by atoms with van der Waals surface area (Å²) in [6.07, 6.45) is 0. The fourth-order valence-corrected chi connectivity index (χ4v) is 1.24. The fraction of sp³-hybridized carbons (Fsp3) is 0.455. The van der Waals surface area contributed by atoms with Crippen molar-refractivity contribution >= 4 is 0 Å². The molecule has 1 aromatic rings. The maximum atomic E-state index is 8.20. The van der Waals surface area contributed by atoms with Crippen molar-refractivity contribution in [2.75, 3.05) is 26.2 Å². The second kappa shape index (κ2) is 4.40. The Balaban J connectivity index is 2.56. The van der Waals surface area contributed by atoms with E-state index in [0.717, 1.165) is 0 Å². The SMILES string of the molecule is [2H]c1c([2H])c([2H])c(C([2H])([2H])N2CCNCC2)c([2H])c1[2H]. The summed E-state index contributed by atoms with van der Waals surface area (Å²) < 4.78 is 54.9. The van der Waals surface area contributed by atoms with Crippen LogP contribution in [0.5, 0.6) is 0 Å². The monoisotopic (exact) mass is 183 g/mol. The van der Waals surface area contributed by atoms with Gasteiger partial charge >= 0.3 is 0 Å². The summed E-state index contributed by atoms with van der Waals surface area (Å²) in [5, 5.41) is 3.09. The van der Waals surface area contributed by atoms with Gasteiger partial charge in [0, 0.05) is 35.4 Å². The van der Waals surface area contributed by atoms with Gasteiger partial charge < -0.3 is 5.32 Å². The van der Waals surface area contributed by atoms with Gasteiger partial charge in [-0.3, -0.25) is 4.90 Å². The van der Waals surface area contributed by atoms with Crippen LogP contribution in [0, 0.1) is 0 Å². The third-order valence-electron chi connectivity index (χ3n) is 1.89. The fourth-order valence-electron chi connectivity index (χ4n) is 1.24. The second-order valence-corrected chi connectivity index (χ2v) is 2.85. The average molecular weight is 183 g/mol. The molecular formula is C11H16N2. The molecule has 0 radical (unpaired) electrons. The minimum atomic E-state index is -2.09. The molecule has 0 unspecified atom stereocenters. The van der Waals surface area contributed by atoms with Gasteiger partial charge in [-0.1, -0.05) is 30.2 Å². The van der Waals surface area contributed by atoms with Crippen molar-refractivity contribution in [1.29, 1.82) is 0 Å². The van der Waals surface area contributed by atoms with E-state index in [1.165, 1.54) is 4.90 Å². The van der Waals surface area contributed by atoms with Gasteiger partial charge in [0.1, 0.15) is 0 Å². The zero-order valence-corrected chi connectivity index (χ0v) is 7.28.